The van der Waals surface area contributed by atoms with E-state index in [1.54, 1.807) is 48.5 Å². The van der Waals surface area contributed by atoms with Gasteiger partial charge in [0.1, 0.15) is 6.04 Å². The summed E-state index contributed by atoms with van der Waals surface area (Å²) in [6, 6.07) is 14.9. The van der Waals surface area contributed by atoms with Gasteiger partial charge in [-0.3, -0.25) is 9.52 Å². The summed E-state index contributed by atoms with van der Waals surface area (Å²) in [4.78, 5) is 27.2. The normalized spacial score (nSPS) is 16.1. The van der Waals surface area contributed by atoms with Crippen LogP contribution in [-0.4, -0.2) is 39.2 Å². The molecule has 1 atom stereocenters. The monoisotopic (exact) mass is 580 g/mol. The zero-order valence-corrected chi connectivity index (χ0v) is 22.1. The van der Waals surface area contributed by atoms with Crippen LogP contribution >= 0.6 is 11.6 Å². The maximum absolute atomic E-state index is 13.3. The molecular formula is C26H24ClF3N4O4S. The van der Waals surface area contributed by atoms with Gasteiger partial charge >= 0.3 is 12.2 Å². The number of urea groups is 1. The highest BCUT2D eigenvalue weighted by molar-refractivity contribution is 7.92. The number of piperidine rings is 1. The van der Waals surface area contributed by atoms with Crippen molar-refractivity contribution in [1.82, 2.24) is 5.32 Å². The van der Waals surface area contributed by atoms with Crippen LogP contribution in [0.3, 0.4) is 0 Å². The first-order chi connectivity index (χ1) is 18.3. The first-order valence-electron chi connectivity index (χ1n) is 11.7. The van der Waals surface area contributed by atoms with E-state index in [9.17, 15) is 31.2 Å². The van der Waals surface area contributed by atoms with Crippen molar-refractivity contribution in [3.05, 3.63) is 77.3 Å². The molecule has 1 fully saturated rings. The van der Waals surface area contributed by atoms with E-state index in [0.29, 0.717) is 48.0 Å². The number of hydrogen-bond donors (Lipinski definition) is 3. The SMILES string of the molecule is CS(=O)(=O)Nc1ccccc1-c1ccc(N2CCC[C@@H](NC(=O)Nc3ccc(Cl)cc3C(F)(F)F)C2=O)cc1. The number of benzene rings is 3. The van der Waals surface area contributed by atoms with Crippen LogP contribution in [0.25, 0.3) is 11.1 Å². The Hall–Kier alpha value is -3.77. The average molecular weight is 581 g/mol. The average Bonchev–Trinajstić information content (AvgIpc) is 2.85. The molecule has 206 valence electrons. The Morgan fingerprint density at radius 3 is 2.38 bits per heavy atom. The molecule has 0 unspecified atom stereocenters. The van der Waals surface area contributed by atoms with Gasteiger partial charge < -0.3 is 15.5 Å². The molecule has 0 radical (unpaired) electrons. The predicted molar refractivity (Wildman–Crippen MR) is 144 cm³/mol. The minimum atomic E-state index is -4.74. The lowest BCUT2D eigenvalue weighted by atomic mass is 10.0. The third kappa shape index (κ3) is 7.01. The van der Waals surface area contributed by atoms with Gasteiger partial charge in [-0.25, -0.2) is 13.2 Å². The molecule has 3 aromatic rings. The van der Waals surface area contributed by atoms with Crippen molar-refractivity contribution in [2.45, 2.75) is 25.1 Å². The summed E-state index contributed by atoms with van der Waals surface area (Å²) in [6.07, 6.45) is -2.81. The number of amides is 3. The fraction of sp³-hybridized carbons (Fsp3) is 0.231. The lowest BCUT2D eigenvalue weighted by molar-refractivity contribution is -0.137. The topological polar surface area (TPSA) is 108 Å². The van der Waals surface area contributed by atoms with Gasteiger partial charge in [-0.1, -0.05) is 41.9 Å². The van der Waals surface area contributed by atoms with E-state index in [0.717, 1.165) is 12.3 Å². The molecule has 4 rings (SSSR count). The van der Waals surface area contributed by atoms with E-state index in [-0.39, 0.29) is 5.02 Å². The van der Waals surface area contributed by atoms with Crippen LogP contribution in [0.5, 0.6) is 0 Å². The third-order valence-electron chi connectivity index (χ3n) is 5.99. The Morgan fingerprint density at radius 1 is 1.03 bits per heavy atom. The highest BCUT2D eigenvalue weighted by atomic mass is 35.5. The fourth-order valence-corrected chi connectivity index (χ4v) is 5.04. The van der Waals surface area contributed by atoms with Gasteiger partial charge in [0.25, 0.3) is 0 Å². The Balaban J connectivity index is 1.47. The largest absolute Gasteiger partial charge is 0.418 e. The number of hydrogen-bond acceptors (Lipinski definition) is 4. The second kappa shape index (κ2) is 11.1. The molecule has 0 aromatic heterocycles. The van der Waals surface area contributed by atoms with E-state index in [1.165, 1.54) is 11.0 Å². The number of anilines is 3. The fourth-order valence-electron chi connectivity index (χ4n) is 4.29. The number of nitrogens with one attached hydrogen (secondary N) is 3. The van der Waals surface area contributed by atoms with Crippen LogP contribution in [0.2, 0.25) is 5.02 Å². The van der Waals surface area contributed by atoms with E-state index in [2.05, 4.69) is 15.4 Å². The summed E-state index contributed by atoms with van der Waals surface area (Å²) < 4.78 is 66.0. The van der Waals surface area contributed by atoms with Crippen molar-refractivity contribution in [2.75, 3.05) is 27.7 Å². The molecule has 13 heteroatoms. The molecule has 1 aliphatic heterocycles. The Kier molecular flexibility index (Phi) is 8.07. The molecular weight excluding hydrogens is 557 g/mol. The van der Waals surface area contributed by atoms with Gasteiger partial charge in [-0.15, -0.1) is 0 Å². The van der Waals surface area contributed by atoms with Crippen molar-refractivity contribution < 1.29 is 31.2 Å². The zero-order chi connectivity index (χ0) is 28.4. The highest BCUT2D eigenvalue weighted by Crippen LogP contribution is 2.36. The number of carbonyl (C=O) groups excluding carboxylic acids is 2. The summed E-state index contributed by atoms with van der Waals surface area (Å²) >= 11 is 5.68. The maximum Gasteiger partial charge on any atom is 0.418 e. The van der Waals surface area contributed by atoms with Gasteiger partial charge in [-0.05, 0) is 54.8 Å². The van der Waals surface area contributed by atoms with Crippen LogP contribution in [0.15, 0.2) is 66.7 Å². The van der Waals surface area contributed by atoms with Gasteiger partial charge in [0, 0.05) is 22.8 Å². The number of carbonyl (C=O) groups is 2. The van der Waals surface area contributed by atoms with Gasteiger partial charge in [0.05, 0.1) is 23.2 Å². The number of halogens is 4. The molecule has 8 nitrogen and oxygen atoms in total. The molecule has 1 aliphatic rings. The standard InChI is InChI=1S/C26H24ClF3N4O4S/c1-39(37,38)33-21-6-3-2-5-19(21)16-8-11-18(12-9-16)34-14-4-7-23(24(34)35)32-25(36)31-22-13-10-17(27)15-20(22)26(28,29)30/h2-3,5-6,8-13,15,23,33H,4,7,14H2,1H3,(H2,31,32,36)/t23-/m1/s1. The van der Waals surface area contributed by atoms with Crippen molar-refractivity contribution >= 4 is 50.6 Å². The van der Waals surface area contributed by atoms with E-state index >= 15 is 0 Å². The van der Waals surface area contributed by atoms with Crippen LogP contribution in [0, 0.1) is 0 Å². The van der Waals surface area contributed by atoms with E-state index in [4.69, 9.17) is 11.6 Å². The maximum atomic E-state index is 13.3. The minimum absolute atomic E-state index is 0.132. The van der Waals surface area contributed by atoms with Crippen LogP contribution in [0.4, 0.5) is 35.0 Å². The minimum Gasteiger partial charge on any atom is -0.326 e. The molecule has 3 N–H and O–H groups in total. The molecule has 0 bridgehead atoms. The third-order valence-corrected chi connectivity index (χ3v) is 6.82. The molecule has 1 saturated heterocycles. The van der Waals surface area contributed by atoms with Gasteiger partial charge in [-0.2, -0.15) is 13.2 Å². The van der Waals surface area contributed by atoms with Crippen molar-refractivity contribution in [1.29, 1.82) is 0 Å². The lowest BCUT2D eigenvalue weighted by Gasteiger charge is -2.33. The van der Waals surface area contributed by atoms with Gasteiger partial charge in [0.2, 0.25) is 15.9 Å². The first kappa shape index (κ1) is 28.2. The second-order valence-electron chi connectivity index (χ2n) is 8.94. The highest BCUT2D eigenvalue weighted by Gasteiger charge is 2.35. The second-order valence-corrected chi connectivity index (χ2v) is 11.1. The van der Waals surface area contributed by atoms with Gasteiger partial charge in [0.15, 0.2) is 0 Å². The number of sulfonamides is 1. The molecule has 1 heterocycles. The summed E-state index contributed by atoms with van der Waals surface area (Å²) in [6.45, 7) is 0.388. The van der Waals surface area contributed by atoms with Crippen molar-refractivity contribution in [2.24, 2.45) is 0 Å². The molecule has 3 aromatic carbocycles. The predicted octanol–water partition coefficient (Wildman–Crippen LogP) is 5.71. The Bertz CT molecular complexity index is 1500. The summed E-state index contributed by atoms with van der Waals surface area (Å²) in [5.41, 5.74) is 0.747. The smallest absolute Gasteiger partial charge is 0.326 e. The summed E-state index contributed by atoms with van der Waals surface area (Å²) in [5.74, 6) is -0.407. The molecule has 39 heavy (non-hydrogen) atoms. The Labute approximate surface area is 228 Å². The van der Waals surface area contributed by atoms with Crippen molar-refractivity contribution in [3.8, 4) is 11.1 Å². The quantitative estimate of drug-likeness (QED) is 0.347. The first-order valence-corrected chi connectivity index (χ1v) is 14.0. The number of alkyl halides is 3. The summed E-state index contributed by atoms with van der Waals surface area (Å²) in [5, 5.41) is 4.50. The lowest BCUT2D eigenvalue weighted by Crippen LogP contribution is -2.53. The van der Waals surface area contributed by atoms with E-state index in [1.807, 2.05) is 0 Å². The van der Waals surface area contributed by atoms with Crippen LogP contribution < -0.4 is 20.3 Å². The summed E-state index contributed by atoms with van der Waals surface area (Å²) in [7, 11) is -3.49. The number of para-hydroxylation sites is 1. The zero-order valence-electron chi connectivity index (χ0n) is 20.5. The molecule has 3 amide bonds. The number of rotatable bonds is 6. The molecule has 0 saturated carbocycles. The molecule has 0 spiro atoms. The molecule has 0 aliphatic carbocycles. The Morgan fingerprint density at radius 2 is 1.72 bits per heavy atom. The van der Waals surface area contributed by atoms with Crippen LogP contribution in [-0.2, 0) is 21.0 Å². The van der Waals surface area contributed by atoms with Crippen LogP contribution in [0.1, 0.15) is 18.4 Å². The van der Waals surface area contributed by atoms with E-state index < -0.39 is 45.4 Å². The van der Waals surface area contributed by atoms with Crippen molar-refractivity contribution in [3.63, 3.8) is 0 Å². The number of nitrogens with zero attached hydrogens (tertiary/aromatic N) is 1.